The molecule has 21 heavy (non-hydrogen) atoms. The monoisotopic (exact) mass is 294 g/mol. The zero-order valence-electron chi connectivity index (χ0n) is 13.4. The van der Waals surface area contributed by atoms with Gasteiger partial charge in [-0.25, -0.2) is 4.39 Å². The van der Waals surface area contributed by atoms with Crippen LogP contribution in [0.5, 0.6) is 0 Å². The van der Waals surface area contributed by atoms with Crippen molar-refractivity contribution >= 4 is 5.69 Å². The van der Waals surface area contributed by atoms with E-state index in [-0.39, 0.29) is 5.82 Å². The van der Waals surface area contributed by atoms with Gasteiger partial charge in [0, 0.05) is 39.0 Å². The van der Waals surface area contributed by atoms with E-state index in [1.54, 1.807) is 19.2 Å². The first-order valence-corrected chi connectivity index (χ1v) is 7.75. The average Bonchev–Trinajstić information content (AvgIpc) is 2.42. The van der Waals surface area contributed by atoms with E-state index in [0.29, 0.717) is 18.6 Å². The van der Waals surface area contributed by atoms with Crippen LogP contribution in [0.1, 0.15) is 32.3 Å². The van der Waals surface area contributed by atoms with Crippen molar-refractivity contribution in [3.8, 4) is 0 Å². The first kappa shape index (κ1) is 16.2. The molecule has 0 atom stereocenters. The number of piperidine rings is 1. The maximum absolute atomic E-state index is 13.6. The first-order valence-electron chi connectivity index (χ1n) is 7.75. The Morgan fingerprint density at radius 3 is 2.90 bits per heavy atom. The Morgan fingerprint density at radius 2 is 2.19 bits per heavy atom. The standard InChI is InChI=1S/C17H27FN2O/c1-17(2)7-4-9-20(13-17)16-6-5-15(18)11-14(16)12-19-8-10-21-3/h5-6,11,19H,4,7-10,12-13H2,1-3H3. The summed E-state index contributed by atoms with van der Waals surface area (Å²) in [4.78, 5) is 2.40. The SMILES string of the molecule is COCCNCc1cc(F)ccc1N1CCCC(C)(C)C1. The van der Waals surface area contributed by atoms with Crippen LogP contribution in [0.4, 0.5) is 10.1 Å². The van der Waals surface area contributed by atoms with E-state index in [0.717, 1.165) is 30.9 Å². The summed E-state index contributed by atoms with van der Waals surface area (Å²) < 4.78 is 18.6. The molecule has 0 saturated carbocycles. The molecule has 0 amide bonds. The van der Waals surface area contributed by atoms with E-state index in [2.05, 4.69) is 24.1 Å². The van der Waals surface area contributed by atoms with Gasteiger partial charge < -0.3 is 15.0 Å². The van der Waals surface area contributed by atoms with E-state index < -0.39 is 0 Å². The summed E-state index contributed by atoms with van der Waals surface area (Å²) in [5, 5.41) is 3.31. The number of anilines is 1. The number of methoxy groups -OCH3 is 1. The van der Waals surface area contributed by atoms with Crippen molar-refractivity contribution in [3.05, 3.63) is 29.6 Å². The summed E-state index contributed by atoms with van der Waals surface area (Å²) in [6.45, 7) is 8.81. The molecule has 1 aliphatic rings. The lowest BCUT2D eigenvalue weighted by Crippen LogP contribution is -2.40. The number of nitrogens with one attached hydrogen (secondary N) is 1. The largest absolute Gasteiger partial charge is 0.383 e. The summed E-state index contributed by atoms with van der Waals surface area (Å²) in [7, 11) is 1.69. The summed E-state index contributed by atoms with van der Waals surface area (Å²) in [6, 6.07) is 5.14. The maximum atomic E-state index is 13.6. The molecule has 0 radical (unpaired) electrons. The highest BCUT2D eigenvalue weighted by Crippen LogP contribution is 2.33. The van der Waals surface area contributed by atoms with Crippen LogP contribution in [0, 0.1) is 11.2 Å². The molecule has 1 fully saturated rings. The average molecular weight is 294 g/mol. The highest BCUT2D eigenvalue weighted by molar-refractivity contribution is 5.54. The van der Waals surface area contributed by atoms with E-state index >= 15 is 0 Å². The Hall–Kier alpha value is -1.13. The Morgan fingerprint density at radius 1 is 1.38 bits per heavy atom. The molecule has 2 rings (SSSR count). The van der Waals surface area contributed by atoms with Gasteiger partial charge in [0.2, 0.25) is 0 Å². The van der Waals surface area contributed by atoms with Crippen molar-refractivity contribution in [2.24, 2.45) is 5.41 Å². The van der Waals surface area contributed by atoms with Gasteiger partial charge >= 0.3 is 0 Å². The van der Waals surface area contributed by atoms with Crippen LogP contribution in [0.2, 0.25) is 0 Å². The number of hydrogen-bond acceptors (Lipinski definition) is 3. The number of ether oxygens (including phenoxy) is 1. The quantitative estimate of drug-likeness (QED) is 0.816. The van der Waals surface area contributed by atoms with Gasteiger partial charge in [-0.15, -0.1) is 0 Å². The van der Waals surface area contributed by atoms with Crippen LogP contribution < -0.4 is 10.2 Å². The number of nitrogens with zero attached hydrogens (tertiary/aromatic N) is 1. The van der Waals surface area contributed by atoms with Crippen molar-refractivity contribution < 1.29 is 9.13 Å². The fraction of sp³-hybridized carbons (Fsp3) is 0.647. The van der Waals surface area contributed by atoms with Crippen LogP contribution in [-0.4, -0.2) is 33.4 Å². The summed E-state index contributed by atoms with van der Waals surface area (Å²) in [6.07, 6.45) is 2.45. The van der Waals surface area contributed by atoms with Gasteiger partial charge in [0.15, 0.2) is 0 Å². The second kappa shape index (κ2) is 7.23. The Balaban J connectivity index is 2.10. The van der Waals surface area contributed by atoms with E-state index in [9.17, 15) is 4.39 Å². The minimum Gasteiger partial charge on any atom is -0.383 e. The fourth-order valence-corrected chi connectivity index (χ4v) is 3.03. The van der Waals surface area contributed by atoms with Crippen LogP contribution in [-0.2, 0) is 11.3 Å². The molecule has 1 N–H and O–H groups in total. The molecule has 1 aromatic carbocycles. The molecule has 1 heterocycles. The van der Waals surface area contributed by atoms with Crippen LogP contribution >= 0.6 is 0 Å². The molecule has 0 aromatic heterocycles. The van der Waals surface area contributed by atoms with Gasteiger partial charge in [0.05, 0.1) is 6.61 Å². The molecule has 0 bridgehead atoms. The minimum absolute atomic E-state index is 0.168. The Kier molecular flexibility index (Phi) is 5.59. The highest BCUT2D eigenvalue weighted by Gasteiger charge is 2.27. The molecule has 0 spiro atoms. The molecule has 4 heteroatoms. The number of hydrogen-bond donors (Lipinski definition) is 1. The van der Waals surface area contributed by atoms with Crippen LogP contribution in [0.25, 0.3) is 0 Å². The van der Waals surface area contributed by atoms with E-state index in [1.807, 2.05) is 6.07 Å². The molecule has 3 nitrogen and oxygen atoms in total. The van der Waals surface area contributed by atoms with Gasteiger partial charge in [0.1, 0.15) is 5.82 Å². The third kappa shape index (κ3) is 4.68. The normalized spacial score (nSPS) is 18.0. The Bertz CT molecular complexity index is 462. The lowest BCUT2D eigenvalue weighted by atomic mass is 9.84. The predicted octanol–water partition coefficient (Wildman–Crippen LogP) is 3.19. The Labute approximate surface area is 127 Å². The van der Waals surface area contributed by atoms with E-state index in [4.69, 9.17) is 4.74 Å². The topological polar surface area (TPSA) is 24.5 Å². The van der Waals surface area contributed by atoms with Gasteiger partial charge in [-0.3, -0.25) is 0 Å². The second-order valence-electron chi connectivity index (χ2n) is 6.63. The van der Waals surface area contributed by atoms with Gasteiger partial charge in [0.25, 0.3) is 0 Å². The third-order valence-corrected chi connectivity index (χ3v) is 4.08. The molecule has 1 aliphatic heterocycles. The van der Waals surface area contributed by atoms with Crippen molar-refractivity contribution in [3.63, 3.8) is 0 Å². The van der Waals surface area contributed by atoms with Crippen molar-refractivity contribution in [1.82, 2.24) is 5.32 Å². The maximum Gasteiger partial charge on any atom is 0.123 e. The van der Waals surface area contributed by atoms with E-state index in [1.165, 1.54) is 12.8 Å². The van der Waals surface area contributed by atoms with Crippen LogP contribution in [0.15, 0.2) is 18.2 Å². The lowest BCUT2D eigenvalue weighted by Gasteiger charge is -2.40. The van der Waals surface area contributed by atoms with Crippen LogP contribution in [0.3, 0.4) is 0 Å². The fourth-order valence-electron chi connectivity index (χ4n) is 3.03. The predicted molar refractivity (Wildman–Crippen MR) is 85.2 cm³/mol. The van der Waals surface area contributed by atoms with Gasteiger partial charge in [-0.2, -0.15) is 0 Å². The molecule has 0 unspecified atom stereocenters. The smallest absolute Gasteiger partial charge is 0.123 e. The zero-order chi connectivity index (χ0) is 15.3. The highest BCUT2D eigenvalue weighted by atomic mass is 19.1. The summed E-state index contributed by atoms with van der Waals surface area (Å²) in [5.41, 5.74) is 2.52. The van der Waals surface area contributed by atoms with Crippen molar-refractivity contribution in [2.45, 2.75) is 33.2 Å². The zero-order valence-corrected chi connectivity index (χ0v) is 13.4. The molecular formula is C17H27FN2O. The van der Waals surface area contributed by atoms with Gasteiger partial charge in [-0.05, 0) is 42.0 Å². The molecule has 1 aromatic rings. The third-order valence-electron chi connectivity index (χ3n) is 4.08. The molecular weight excluding hydrogens is 267 g/mol. The summed E-state index contributed by atoms with van der Waals surface area (Å²) in [5.74, 6) is -0.168. The first-order chi connectivity index (χ1) is 10.0. The van der Waals surface area contributed by atoms with Gasteiger partial charge in [-0.1, -0.05) is 13.8 Å². The lowest BCUT2D eigenvalue weighted by molar-refractivity contribution is 0.199. The summed E-state index contributed by atoms with van der Waals surface area (Å²) >= 11 is 0. The minimum atomic E-state index is -0.168. The second-order valence-corrected chi connectivity index (χ2v) is 6.63. The number of benzene rings is 1. The van der Waals surface area contributed by atoms with Crippen molar-refractivity contribution in [1.29, 1.82) is 0 Å². The number of rotatable bonds is 6. The molecule has 0 aliphatic carbocycles. The molecule has 1 saturated heterocycles. The molecule has 118 valence electrons. The number of halogens is 1. The van der Waals surface area contributed by atoms with Crippen molar-refractivity contribution in [2.75, 3.05) is 38.3 Å².